The van der Waals surface area contributed by atoms with E-state index in [2.05, 4.69) is 5.32 Å². The van der Waals surface area contributed by atoms with Crippen LogP contribution in [0.2, 0.25) is 0 Å². The van der Waals surface area contributed by atoms with Gasteiger partial charge >= 0.3 is 6.18 Å². The summed E-state index contributed by atoms with van der Waals surface area (Å²) in [6, 6.07) is 15.2. The number of aliphatic hydroxyl groups excluding tert-OH is 1. The summed E-state index contributed by atoms with van der Waals surface area (Å²) in [5, 5.41) is 12.4. The maximum absolute atomic E-state index is 14.0. The van der Waals surface area contributed by atoms with Gasteiger partial charge in [0.1, 0.15) is 0 Å². The zero-order valence-electron chi connectivity index (χ0n) is 15.7. The Bertz CT molecular complexity index is 750. The van der Waals surface area contributed by atoms with E-state index < -0.39 is 29.8 Å². The Morgan fingerprint density at radius 2 is 1.61 bits per heavy atom. The maximum atomic E-state index is 14.0. The number of ether oxygens (including phenoxy) is 1. The Labute approximate surface area is 162 Å². The van der Waals surface area contributed by atoms with Gasteiger partial charge < -0.3 is 15.2 Å². The highest BCUT2D eigenvalue weighted by Gasteiger charge is 2.62. The van der Waals surface area contributed by atoms with Gasteiger partial charge in [-0.3, -0.25) is 4.79 Å². The number of alkyl halides is 3. The molecule has 2 rings (SSSR count). The fourth-order valence-electron chi connectivity index (χ4n) is 3.09. The lowest BCUT2D eigenvalue weighted by molar-refractivity contribution is -0.266. The van der Waals surface area contributed by atoms with E-state index in [4.69, 9.17) is 4.74 Å². The predicted molar refractivity (Wildman–Crippen MR) is 99.6 cm³/mol. The molecule has 0 unspecified atom stereocenters. The van der Waals surface area contributed by atoms with Crippen LogP contribution in [-0.4, -0.2) is 36.4 Å². The van der Waals surface area contributed by atoms with Gasteiger partial charge in [0.25, 0.3) is 11.5 Å². The van der Waals surface area contributed by atoms with E-state index in [1.165, 1.54) is 31.2 Å². The van der Waals surface area contributed by atoms with Gasteiger partial charge in [-0.1, -0.05) is 60.7 Å². The second kappa shape index (κ2) is 9.21. The maximum Gasteiger partial charge on any atom is 0.430 e. The number of amides is 1. The number of carbonyl (C=O) groups is 1. The molecular weight excluding hydrogens is 371 g/mol. The van der Waals surface area contributed by atoms with Crippen LogP contribution in [0.4, 0.5) is 13.2 Å². The summed E-state index contributed by atoms with van der Waals surface area (Å²) in [4.78, 5) is 12.8. The Morgan fingerprint density at radius 1 is 1.07 bits per heavy atom. The summed E-state index contributed by atoms with van der Waals surface area (Å²) < 4.78 is 46.7. The molecule has 0 aliphatic carbocycles. The summed E-state index contributed by atoms with van der Waals surface area (Å²) in [5.41, 5.74) is -2.53. The first-order chi connectivity index (χ1) is 13.2. The number of methoxy groups -OCH3 is 1. The Balaban J connectivity index is 2.27. The average molecular weight is 395 g/mol. The second-order valence-electron chi connectivity index (χ2n) is 6.59. The quantitative estimate of drug-likeness (QED) is 0.718. The van der Waals surface area contributed by atoms with Crippen LogP contribution < -0.4 is 5.32 Å². The van der Waals surface area contributed by atoms with E-state index in [0.29, 0.717) is 6.42 Å². The molecule has 0 heterocycles. The molecular formula is C21H24F3NO3. The minimum absolute atomic E-state index is 0.278. The molecule has 0 saturated carbocycles. The molecule has 0 spiro atoms. The molecule has 28 heavy (non-hydrogen) atoms. The smallest absolute Gasteiger partial charge is 0.391 e. The van der Waals surface area contributed by atoms with Crippen LogP contribution in [0.25, 0.3) is 0 Å². The van der Waals surface area contributed by atoms with Crippen molar-refractivity contribution in [2.24, 2.45) is 0 Å². The molecule has 2 aromatic rings. The summed E-state index contributed by atoms with van der Waals surface area (Å²) in [7, 11) is 0.849. The number of aryl methyl sites for hydroxylation is 1. The number of rotatable bonds is 8. The van der Waals surface area contributed by atoms with Gasteiger partial charge in [-0.05, 0) is 25.3 Å². The Hall–Kier alpha value is -2.38. The van der Waals surface area contributed by atoms with Gasteiger partial charge in [0.2, 0.25) is 0 Å². The molecule has 0 saturated heterocycles. The van der Waals surface area contributed by atoms with Crippen LogP contribution >= 0.6 is 0 Å². The number of hydrogen-bond donors (Lipinski definition) is 2. The van der Waals surface area contributed by atoms with Gasteiger partial charge in [-0.25, -0.2) is 0 Å². The van der Waals surface area contributed by atoms with Crippen molar-refractivity contribution in [3.8, 4) is 0 Å². The van der Waals surface area contributed by atoms with Crippen molar-refractivity contribution in [3.63, 3.8) is 0 Å². The van der Waals surface area contributed by atoms with E-state index >= 15 is 0 Å². The SMILES string of the molecule is CO[C@](C(=O)N[C@@H](CCc1ccccc1)[C@@H](C)O)(c1ccccc1)C(F)(F)F. The standard InChI is InChI=1S/C21H24F3NO3/c1-15(26)18(14-13-16-9-5-3-6-10-16)25-19(27)20(28-2,21(22,23)24)17-11-7-4-8-12-17/h3-12,15,18,26H,13-14H2,1-2H3,(H,25,27)/t15-,18+,20+/m1/s1. The van der Waals surface area contributed by atoms with Crippen molar-refractivity contribution in [3.05, 3.63) is 71.8 Å². The highest BCUT2D eigenvalue weighted by Crippen LogP contribution is 2.42. The molecule has 0 aromatic heterocycles. The van der Waals surface area contributed by atoms with Gasteiger partial charge in [0.05, 0.1) is 12.1 Å². The molecule has 0 bridgehead atoms. The van der Waals surface area contributed by atoms with E-state index in [1.54, 1.807) is 6.07 Å². The minimum atomic E-state index is -4.99. The molecule has 0 fully saturated rings. The topological polar surface area (TPSA) is 58.6 Å². The normalized spacial score (nSPS) is 16.1. The van der Waals surface area contributed by atoms with E-state index in [9.17, 15) is 23.1 Å². The molecule has 0 radical (unpaired) electrons. The lowest BCUT2D eigenvalue weighted by atomic mass is 9.90. The van der Waals surface area contributed by atoms with Crippen molar-refractivity contribution in [1.82, 2.24) is 5.32 Å². The first-order valence-electron chi connectivity index (χ1n) is 8.92. The fourth-order valence-corrected chi connectivity index (χ4v) is 3.09. The highest BCUT2D eigenvalue weighted by atomic mass is 19.4. The Kier molecular flexibility index (Phi) is 7.21. The Morgan fingerprint density at radius 3 is 2.07 bits per heavy atom. The van der Waals surface area contributed by atoms with Crippen LogP contribution in [0.1, 0.15) is 24.5 Å². The fraction of sp³-hybridized carbons (Fsp3) is 0.381. The van der Waals surface area contributed by atoms with E-state index in [1.807, 2.05) is 30.3 Å². The van der Waals surface area contributed by atoms with Crippen LogP contribution in [0, 0.1) is 0 Å². The summed E-state index contributed by atoms with van der Waals surface area (Å²) >= 11 is 0. The number of hydrogen-bond acceptors (Lipinski definition) is 3. The third-order valence-corrected chi connectivity index (χ3v) is 4.69. The van der Waals surface area contributed by atoms with Gasteiger partial charge in [-0.2, -0.15) is 13.2 Å². The highest BCUT2D eigenvalue weighted by molar-refractivity contribution is 5.88. The molecule has 0 aliphatic rings. The van der Waals surface area contributed by atoms with E-state index in [0.717, 1.165) is 12.7 Å². The van der Waals surface area contributed by atoms with Crippen molar-refractivity contribution in [2.75, 3.05) is 7.11 Å². The van der Waals surface area contributed by atoms with Crippen molar-refractivity contribution in [1.29, 1.82) is 0 Å². The third-order valence-electron chi connectivity index (χ3n) is 4.69. The number of halogens is 3. The van der Waals surface area contributed by atoms with Crippen molar-refractivity contribution < 1.29 is 27.8 Å². The summed E-state index contributed by atoms with van der Waals surface area (Å²) in [5.74, 6) is -1.35. The molecule has 152 valence electrons. The number of carbonyl (C=O) groups excluding carboxylic acids is 1. The lowest BCUT2D eigenvalue weighted by Crippen LogP contribution is -2.59. The molecule has 7 heteroatoms. The van der Waals surface area contributed by atoms with E-state index in [-0.39, 0.29) is 12.0 Å². The number of aliphatic hydroxyl groups is 1. The molecule has 4 nitrogen and oxygen atoms in total. The predicted octanol–water partition coefficient (Wildman–Crippen LogP) is 3.59. The van der Waals surface area contributed by atoms with Gasteiger partial charge in [0, 0.05) is 12.7 Å². The number of benzene rings is 2. The van der Waals surface area contributed by atoms with Gasteiger partial charge in [0.15, 0.2) is 0 Å². The second-order valence-corrected chi connectivity index (χ2v) is 6.59. The van der Waals surface area contributed by atoms with Crippen molar-refractivity contribution >= 4 is 5.91 Å². The largest absolute Gasteiger partial charge is 0.430 e. The average Bonchev–Trinajstić information content (AvgIpc) is 2.66. The number of nitrogens with one attached hydrogen (secondary N) is 1. The third kappa shape index (κ3) is 4.72. The van der Waals surface area contributed by atoms with Crippen LogP contribution in [0.3, 0.4) is 0 Å². The molecule has 2 N–H and O–H groups in total. The molecule has 0 aliphatic heterocycles. The first-order valence-corrected chi connectivity index (χ1v) is 8.92. The van der Waals surface area contributed by atoms with Crippen LogP contribution in [-0.2, 0) is 21.6 Å². The lowest BCUT2D eigenvalue weighted by Gasteiger charge is -2.35. The summed E-state index contributed by atoms with van der Waals surface area (Å²) in [6.45, 7) is 1.43. The molecule has 3 atom stereocenters. The van der Waals surface area contributed by atoms with Crippen LogP contribution in [0.5, 0.6) is 0 Å². The summed E-state index contributed by atoms with van der Waals surface area (Å²) in [6.07, 6.45) is -5.25. The van der Waals surface area contributed by atoms with Crippen LogP contribution in [0.15, 0.2) is 60.7 Å². The molecule has 2 aromatic carbocycles. The zero-order valence-corrected chi connectivity index (χ0v) is 15.7. The monoisotopic (exact) mass is 395 g/mol. The zero-order chi connectivity index (χ0) is 20.8. The van der Waals surface area contributed by atoms with Crippen molar-refractivity contribution in [2.45, 2.75) is 43.7 Å². The minimum Gasteiger partial charge on any atom is -0.391 e. The first kappa shape index (κ1) is 21.9. The molecule has 1 amide bonds. The van der Waals surface area contributed by atoms with Gasteiger partial charge in [-0.15, -0.1) is 0 Å².